The lowest BCUT2D eigenvalue weighted by molar-refractivity contribution is -0.141. The summed E-state index contributed by atoms with van der Waals surface area (Å²) in [6.07, 6.45) is 1.09. The molecule has 10 nitrogen and oxygen atoms in total. The number of benzene rings is 2. The minimum atomic E-state index is -0.570. The molecule has 198 valence electrons. The van der Waals surface area contributed by atoms with Gasteiger partial charge >= 0.3 is 5.97 Å². The van der Waals surface area contributed by atoms with Gasteiger partial charge in [0.05, 0.1) is 32.8 Å². The Bertz CT molecular complexity index is 1190. The number of methoxy groups -OCH3 is 2. The van der Waals surface area contributed by atoms with E-state index in [1.54, 1.807) is 12.1 Å². The second kappa shape index (κ2) is 10.0. The number of hydrogen-bond donors (Lipinski definition) is 2. The molecule has 2 aromatic carbocycles. The van der Waals surface area contributed by atoms with Crippen molar-refractivity contribution in [3.63, 3.8) is 0 Å². The lowest BCUT2D eigenvalue weighted by atomic mass is 9.65. The molecule has 1 saturated heterocycles. The van der Waals surface area contributed by atoms with Gasteiger partial charge in [0.1, 0.15) is 0 Å². The topological polar surface area (TPSA) is 116 Å². The molecule has 4 unspecified atom stereocenters. The van der Waals surface area contributed by atoms with E-state index in [2.05, 4.69) is 5.32 Å². The van der Waals surface area contributed by atoms with Crippen LogP contribution in [0.1, 0.15) is 41.5 Å². The van der Waals surface area contributed by atoms with Crippen LogP contribution in [-0.4, -0.2) is 70.1 Å². The molecule has 2 N–H and O–H groups in total. The molecule has 4 atom stereocenters. The first kappa shape index (κ1) is 25.0. The van der Waals surface area contributed by atoms with Crippen molar-refractivity contribution in [3.05, 3.63) is 41.0 Å². The van der Waals surface area contributed by atoms with Gasteiger partial charge < -0.3 is 39.0 Å². The number of cyclic esters (lactones) is 1. The van der Waals surface area contributed by atoms with E-state index in [9.17, 15) is 14.7 Å². The molecule has 0 saturated carbocycles. The molecule has 2 aliphatic heterocycles. The number of carbonyl (C=O) groups excluding carboxylic acids is 2. The van der Waals surface area contributed by atoms with Gasteiger partial charge in [-0.1, -0.05) is 0 Å². The summed E-state index contributed by atoms with van der Waals surface area (Å²) in [6, 6.07) is 6.74. The van der Waals surface area contributed by atoms with Gasteiger partial charge in [0.2, 0.25) is 18.4 Å². The largest absolute Gasteiger partial charge is 0.502 e. The molecular weight excluding hydrogens is 480 g/mol. The summed E-state index contributed by atoms with van der Waals surface area (Å²) in [5.41, 5.74) is 2.38. The molecule has 2 aromatic rings. The SMILES string of the molecule is COc1cc(C2c3cc4c(cc3C(NC(=O)CCCN(C)C)C3COC(=O)C23)OCO4)cc(OC)c1O. The van der Waals surface area contributed by atoms with E-state index in [1.807, 2.05) is 31.1 Å². The molecule has 10 heteroatoms. The highest BCUT2D eigenvalue weighted by Crippen LogP contribution is 2.55. The summed E-state index contributed by atoms with van der Waals surface area (Å²) in [6.45, 7) is 1.08. The maximum atomic E-state index is 13.2. The fourth-order valence-electron chi connectivity index (χ4n) is 5.64. The van der Waals surface area contributed by atoms with Gasteiger partial charge in [-0.2, -0.15) is 0 Å². The van der Waals surface area contributed by atoms with Crippen LogP contribution in [0, 0.1) is 11.8 Å². The summed E-state index contributed by atoms with van der Waals surface area (Å²) in [7, 11) is 6.86. The number of rotatable bonds is 8. The van der Waals surface area contributed by atoms with Gasteiger partial charge in [-0.15, -0.1) is 0 Å². The number of esters is 1. The number of hydrogen-bond acceptors (Lipinski definition) is 9. The number of carbonyl (C=O) groups is 2. The van der Waals surface area contributed by atoms with Crippen LogP contribution in [-0.2, 0) is 14.3 Å². The van der Waals surface area contributed by atoms with Crippen LogP contribution in [0.5, 0.6) is 28.7 Å². The number of aromatic hydroxyl groups is 1. The number of nitrogens with zero attached hydrogens (tertiary/aromatic N) is 1. The fourth-order valence-corrected chi connectivity index (χ4v) is 5.64. The van der Waals surface area contributed by atoms with Crippen LogP contribution in [0.4, 0.5) is 0 Å². The first-order valence-electron chi connectivity index (χ1n) is 12.3. The van der Waals surface area contributed by atoms with E-state index >= 15 is 0 Å². The third-order valence-corrected chi connectivity index (χ3v) is 7.37. The van der Waals surface area contributed by atoms with Gasteiger partial charge in [-0.3, -0.25) is 9.59 Å². The summed E-state index contributed by atoms with van der Waals surface area (Å²) in [4.78, 5) is 28.2. The van der Waals surface area contributed by atoms with E-state index < -0.39 is 17.9 Å². The second-order valence-electron chi connectivity index (χ2n) is 9.86. The Labute approximate surface area is 215 Å². The molecule has 0 radical (unpaired) electrons. The third kappa shape index (κ3) is 4.50. The maximum absolute atomic E-state index is 13.2. The number of fused-ring (bicyclic) bond motifs is 3. The zero-order valence-electron chi connectivity index (χ0n) is 21.4. The zero-order valence-corrected chi connectivity index (χ0v) is 21.4. The molecule has 1 aliphatic carbocycles. The molecule has 0 aromatic heterocycles. The Hall–Kier alpha value is -3.66. The number of amides is 1. The monoisotopic (exact) mass is 512 g/mol. The Morgan fingerprint density at radius 3 is 2.32 bits per heavy atom. The van der Waals surface area contributed by atoms with Crippen LogP contribution in [0.3, 0.4) is 0 Å². The first-order valence-corrected chi connectivity index (χ1v) is 12.3. The zero-order chi connectivity index (χ0) is 26.3. The summed E-state index contributed by atoms with van der Waals surface area (Å²) in [5, 5.41) is 13.7. The van der Waals surface area contributed by atoms with Gasteiger partial charge in [0.15, 0.2) is 23.0 Å². The number of nitrogens with one attached hydrogen (secondary N) is 1. The van der Waals surface area contributed by atoms with Gasteiger partial charge in [0.25, 0.3) is 0 Å². The van der Waals surface area contributed by atoms with E-state index in [-0.39, 0.29) is 48.4 Å². The lowest BCUT2D eigenvalue weighted by Crippen LogP contribution is -2.42. The average molecular weight is 513 g/mol. The molecular formula is C27H32N2O8. The Kier molecular flexibility index (Phi) is 6.76. The molecule has 0 spiro atoms. The summed E-state index contributed by atoms with van der Waals surface area (Å²) < 4.78 is 27.7. The van der Waals surface area contributed by atoms with Gasteiger partial charge in [-0.25, -0.2) is 0 Å². The molecule has 5 rings (SSSR count). The van der Waals surface area contributed by atoms with Crippen molar-refractivity contribution in [2.24, 2.45) is 11.8 Å². The van der Waals surface area contributed by atoms with Crippen LogP contribution >= 0.6 is 0 Å². The van der Waals surface area contributed by atoms with Gasteiger partial charge in [-0.05, 0) is 68.0 Å². The maximum Gasteiger partial charge on any atom is 0.310 e. The lowest BCUT2D eigenvalue weighted by Gasteiger charge is -2.39. The summed E-state index contributed by atoms with van der Waals surface area (Å²) in [5.74, 6) is -0.231. The van der Waals surface area contributed by atoms with E-state index in [0.29, 0.717) is 17.9 Å². The predicted molar refractivity (Wildman–Crippen MR) is 132 cm³/mol. The predicted octanol–water partition coefficient (Wildman–Crippen LogP) is 2.57. The second-order valence-corrected chi connectivity index (χ2v) is 9.86. The van der Waals surface area contributed by atoms with Crippen LogP contribution in [0.2, 0.25) is 0 Å². The quantitative estimate of drug-likeness (QED) is 0.515. The molecule has 3 aliphatic rings. The standard InChI is InChI=1S/C27H32N2O8/c1-29(2)7-5-6-22(30)28-25-16-11-19-18(36-13-37-19)10-15(16)23(24-17(25)12-35-27(24)32)14-8-20(33-3)26(31)21(9-14)34-4/h8-11,17,23-25,31H,5-7,12-13H2,1-4H3,(H,28,30). The smallest absolute Gasteiger partial charge is 0.310 e. The normalized spacial score (nSPS) is 23.3. The van der Waals surface area contributed by atoms with E-state index in [4.69, 9.17) is 23.7 Å². The highest BCUT2D eigenvalue weighted by Gasteiger charge is 2.53. The highest BCUT2D eigenvalue weighted by atomic mass is 16.7. The van der Waals surface area contributed by atoms with Crippen molar-refractivity contribution in [2.75, 3.05) is 48.3 Å². The Morgan fingerprint density at radius 1 is 1.05 bits per heavy atom. The first-order chi connectivity index (χ1) is 17.8. The molecule has 2 heterocycles. The number of ether oxygens (including phenoxy) is 5. The fraction of sp³-hybridized carbons (Fsp3) is 0.481. The Balaban J connectivity index is 1.61. The van der Waals surface area contributed by atoms with Crippen molar-refractivity contribution < 1.29 is 38.4 Å². The van der Waals surface area contributed by atoms with Crippen molar-refractivity contribution in [2.45, 2.75) is 24.8 Å². The van der Waals surface area contributed by atoms with Crippen LogP contribution < -0.4 is 24.3 Å². The molecule has 1 fully saturated rings. The van der Waals surface area contributed by atoms with Gasteiger partial charge in [0, 0.05) is 18.3 Å². The van der Waals surface area contributed by atoms with Crippen LogP contribution in [0.25, 0.3) is 0 Å². The molecule has 0 bridgehead atoms. The van der Waals surface area contributed by atoms with Crippen molar-refractivity contribution >= 4 is 11.9 Å². The van der Waals surface area contributed by atoms with Crippen molar-refractivity contribution in [3.8, 4) is 28.7 Å². The van der Waals surface area contributed by atoms with Crippen molar-refractivity contribution in [1.29, 1.82) is 0 Å². The third-order valence-electron chi connectivity index (χ3n) is 7.37. The van der Waals surface area contributed by atoms with E-state index in [0.717, 1.165) is 29.7 Å². The number of phenols is 1. The average Bonchev–Trinajstić information content (AvgIpc) is 3.49. The Morgan fingerprint density at radius 2 is 1.70 bits per heavy atom. The van der Waals surface area contributed by atoms with Crippen LogP contribution in [0.15, 0.2) is 24.3 Å². The molecule has 1 amide bonds. The minimum absolute atomic E-state index is 0.0833. The summed E-state index contributed by atoms with van der Waals surface area (Å²) >= 11 is 0. The van der Waals surface area contributed by atoms with Crippen molar-refractivity contribution in [1.82, 2.24) is 10.2 Å². The minimum Gasteiger partial charge on any atom is -0.502 e. The molecule has 37 heavy (non-hydrogen) atoms. The van der Waals surface area contributed by atoms with E-state index in [1.165, 1.54) is 14.2 Å². The highest BCUT2D eigenvalue weighted by molar-refractivity contribution is 5.81. The number of phenolic OH excluding ortho intramolecular Hbond substituents is 1.